The van der Waals surface area contributed by atoms with Crippen molar-refractivity contribution in [2.75, 3.05) is 17.4 Å². The van der Waals surface area contributed by atoms with Crippen molar-refractivity contribution in [2.45, 2.75) is 6.54 Å². The van der Waals surface area contributed by atoms with Crippen LogP contribution in [0.15, 0.2) is 48.7 Å². The van der Waals surface area contributed by atoms with E-state index in [4.69, 9.17) is 32.7 Å². The van der Waals surface area contributed by atoms with E-state index in [-0.39, 0.29) is 6.79 Å². The lowest BCUT2D eigenvalue weighted by Crippen LogP contribution is -2.04. The Kier molecular flexibility index (Phi) is 4.69. The lowest BCUT2D eigenvalue weighted by Gasteiger charge is -2.10. The molecule has 0 saturated carbocycles. The molecule has 2 N–H and O–H groups in total. The van der Waals surface area contributed by atoms with Gasteiger partial charge in [-0.05, 0) is 42.0 Å². The summed E-state index contributed by atoms with van der Waals surface area (Å²) in [6.07, 6.45) is 1.66. The summed E-state index contributed by atoms with van der Waals surface area (Å²) in [4.78, 5) is 8.64. The van der Waals surface area contributed by atoms with Crippen LogP contribution in [0.3, 0.4) is 0 Å². The number of anilines is 3. The molecule has 8 heteroatoms. The molecule has 3 aromatic rings. The molecule has 0 aliphatic carbocycles. The Labute approximate surface area is 160 Å². The van der Waals surface area contributed by atoms with Crippen LogP contribution in [0.2, 0.25) is 10.0 Å². The van der Waals surface area contributed by atoms with Gasteiger partial charge in [-0.15, -0.1) is 0 Å². The monoisotopic (exact) mass is 388 g/mol. The molecule has 0 unspecified atom stereocenters. The van der Waals surface area contributed by atoms with Crippen LogP contribution >= 0.6 is 23.2 Å². The normalized spacial score (nSPS) is 12.1. The molecule has 1 aliphatic heterocycles. The van der Waals surface area contributed by atoms with Crippen LogP contribution in [0.1, 0.15) is 5.56 Å². The maximum absolute atomic E-state index is 6.16. The van der Waals surface area contributed by atoms with Gasteiger partial charge < -0.3 is 20.1 Å². The average molecular weight is 389 g/mol. The largest absolute Gasteiger partial charge is 0.454 e. The van der Waals surface area contributed by atoms with Gasteiger partial charge >= 0.3 is 0 Å². The Hall–Kier alpha value is -2.70. The fourth-order valence-corrected chi connectivity index (χ4v) is 2.81. The molecule has 6 nitrogen and oxygen atoms in total. The van der Waals surface area contributed by atoms with E-state index in [1.807, 2.05) is 18.2 Å². The summed E-state index contributed by atoms with van der Waals surface area (Å²) < 4.78 is 10.7. The van der Waals surface area contributed by atoms with Gasteiger partial charge in [0.15, 0.2) is 11.5 Å². The molecule has 0 radical (unpaired) electrons. The van der Waals surface area contributed by atoms with Crippen molar-refractivity contribution >= 4 is 40.7 Å². The first-order chi connectivity index (χ1) is 12.7. The van der Waals surface area contributed by atoms with Crippen molar-refractivity contribution in [3.63, 3.8) is 0 Å². The van der Waals surface area contributed by atoms with Gasteiger partial charge in [0.05, 0.1) is 10.7 Å². The van der Waals surface area contributed by atoms with Crippen LogP contribution in [-0.2, 0) is 6.54 Å². The van der Waals surface area contributed by atoms with Gasteiger partial charge in [-0.1, -0.05) is 29.3 Å². The van der Waals surface area contributed by atoms with E-state index < -0.39 is 0 Å². The van der Waals surface area contributed by atoms with E-state index in [9.17, 15) is 0 Å². The topological polar surface area (TPSA) is 68.3 Å². The third kappa shape index (κ3) is 3.76. The number of nitrogens with one attached hydrogen (secondary N) is 2. The first kappa shape index (κ1) is 16.8. The summed E-state index contributed by atoms with van der Waals surface area (Å²) in [6, 6.07) is 12.8. The number of fused-ring (bicyclic) bond motifs is 1. The van der Waals surface area contributed by atoms with E-state index in [1.165, 1.54) is 0 Å². The number of benzene rings is 2. The van der Waals surface area contributed by atoms with Crippen molar-refractivity contribution in [1.29, 1.82) is 0 Å². The minimum Gasteiger partial charge on any atom is -0.454 e. The van der Waals surface area contributed by atoms with Crippen molar-refractivity contribution in [3.05, 3.63) is 64.3 Å². The Morgan fingerprint density at radius 3 is 2.81 bits per heavy atom. The Morgan fingerprint density at radius 1 is 1.00 bits per heavy atom. The molecule has 4 rings (SSSR count). The standard InChI is InChI=1S/C18H14Cl2N4O2/c19-12-2-3-13(20)14(8-12)23-18-21-6-5-17(24-18)22-9-11-1-4-15-16(7-11)26-10-25-15/h1-8H,9-10H2,(H2,21,22,23,24). The molecule has 2 heterocycles. The van der Waals surface area contributed by atoms with E-state index >= 15 is 0 Å². The molecule has 2 aromatic carbocycles. The molecular weight excluding hydrogens is 375 g/mol. The molecule has 0 saturated heterocycles. The van der Waals surface area contributed by atoms with Crippen molar-refractivity contribution in [2.24, 2.45) is 0 Å². The summed E-state index contributed by atoms with van der Waals surface area (Å²) >= 11 is 12.2. The molecule has 0 amide bonds. The quantitative estimate of drug-likeness (QED) is 0.649. The predicted molar refractivity (Wildman–Crippen MR) is 102 cm³/mol. The van der Waals surface area contributed by atoms with Crippen molar-refractivity contribution in [3.8, 4) is 11.5 Å². The van der Waals surface area contributed by atoms with Gasteiger partial charge in [0.25, 0.3) is 0 Å². The summed E-state index contributed by atoms with van der Waals surface area (Å²) in [5, 5.41) is 7.44. The fourth-order valence-electron chi connectivity index (χ4n) is 2.47. The molecule has 0 bridgehead atoms. The van der Waals surface area contributed by atoms with Gasteiger partial charge in [0, 0.05) is 17.8 Å². The number of aromatic nitrogens is 2. The molecule has 0 atom stereocenters. The van der Waals surface area contributed by atoms with Crippen LogP contribution in [0.25, 0.3) is 0 Å². The number of halogens is 2. The van der Waals surface area contributed by atoms with Gasteiger partial charge in [-0.25, -0.2) is 4.98 Å². The molecule has 1 aliphatic rings. The SMILES string of the molecule is Clc1ccc(Cl)c(Nc2nccc(NCc3ccc4c(c3)OCO4)n2)c1. The highest BCUT2D eigenvalue weighted by molar-refractivity contribution is 6.35. The van der Waals surface area contributed by atoms with Crippen LogP contribution in [0, 0.1) is 0 Å². The van der Waals surface area contributed by atoms with Crippen LogP contribution in [0.4, 0.5) is 17.5 Å². The predicted octanol–water partition coefficient (Wildman–Crippen LogP) is 4.87. The Balaban J connectivity index is 1.45. The van der Waals surface area contributed by atoms with Crippen molar-refractivity contribution in [1.82, 2.24) is 9.97 Å². The maximum Gasteiger partial charge on any atom is 0.231 e. The maximum atomic E-state index is 6.16. The number of hydrogen-bond acceptors (Lipinski definition) is 6. The van der Waals surface area contributed by atoms with Gasteiger partial charge in [0.2, 0.25) is 12.7 Å². The molecule has 1 aromatic heterocycles. The van der Waals surface area contributed by atoms with Gasteiger partial charge in [0.1, 0.15) is 5.82 Å². The Bertz CT molecular complexity index is 952. The first-order valence-electron chi connectivity index (χ1n) is 7.85. The number of nitrogens with zero attached hydrogens (tertiary/aromatic N) is 2. The highest BCUT2D eigenvalue weighted by Gasteiger charge is 2.13. The smallest absolute Gasteiger partial charge is 0.231 e. The van der Waals surface area contributed by atoms with E-state index in [0.29, 0.717) is 34.0 Å². The second-order valence-electron chi connectivity index (χ2n) is 5.56. The van der Waals surface area contributed by atoms with E-state index in [0.717, 1.165) is 17.1 Å². The summed E-state index contributed by atoms with van der Waals surface area (Å²) in [7, 11) is 0. The first-order valence-corrected chi connectivity index (χ1v) is 8.60. The molecule has 26 heavy (non-hydrogen) atoms. The molecule has 0 spiro atoms. The minimum atomic E-state index is 0.263. The highest BCUT2D eigenvalue weighted by atomic mass is 35.5. The second kappa shape index (κ2) is 7.27. The van der Waals surface area contributed by atoms with Crippen LogP contribution < -0.4 is 20.1 Å². The highest BCUT2D eigenvalue weighted by Crippen LogP contribution is 2.32. The number of rotatable bonds is 5. The Morgan fingerprint density at radius 2 is 1.88 bits per heavy atom. The third-order valence-corrected chi connectivity index (χ3v) is 4.31. The molecular formula is C18H14Cl2N4O2. The second-order valence-corrected chi connectivity index (χ2v) is 6.40. The fraction of sp³-hybridized carbons (Fsp3) is 0.111. The van der Waals surface area contributed by atoms with Crippen molar-refractivity contribution < 1.29 is 9.47 Å². The van der Waals surface area contributed by atoms with Crippen LogP contribution in [-0.4, -0.2) is 16.8 Å². The molecule has 0 fully saturated rings. The minimum absolute atomic E-state index is 0.263. The third-order valence-electron chi connectivity index (χ3n) is 3.74. The zero-order valence-electron chi connectivity index (χ0n) is 13.5. The molecule has 132 valence electrons. The lowest BCUT2D eigenvalue weighted by atomic mass is 10.2. The zero-order valence-corrected chi connectivity index (χ0v) is 15.0. The lowest BCUT2D eigenvalue weighted by molar-refractivity contribution is 0.174. The van der Waals surface area contributed by atoms with E-state index in [2.05, 4.69) is 20.6 Å². The number of hydrogen-bond donors (Lipinski definition) is 2. The van der Waals surface area contributed by atoms with Gasteiger partial charge in [-0.2, -0.15) is 4.98 Å². The number of ether oxygens (including phenoxy) is 2. The van der Waals surface area contributed by atoms with Gasteiger partial charge in [-0.3, -0.25) is 0 Å². The summed E-state index contributed by atoms with van der Waals surface area (Å²) in [5.74, 6) is 2.62. The zero-order chi connectivity index (χ0) is 17.9. The average Bonchev–Trinajstić information content (AvgIpc) is 3.11. The van der Waals surface area contributed by atoms with E-state index in [1.54, 1.807) is 30.5 Å². The summed E-state index contributed by atoms with van der Waals surface area (Å²) in [5.41, 5.74) is 1.70. The van der Waals surface area contributed by atoms with Crippen LogP contribution in [0.5, 0.6) is 11.5 Å². The summed E-state index contributed by atoms with van der Waals surface area (Å²) in [6.45, 7) is 0.851.